The first kappa shape index (κ1) is 19.7. The molecule has 2 aliphatic heterocycles. The van der Waals surface area contributed by atoms with Crippen molar-refractivity contribution in [2.24, 2.45) is 5.41 Å². The molecule has 4 nitrogen and oxygen atoms in total. The van der Waals surface area contributed by atoms with E-state index in [0.29, 0.717) is 5.56 Å². The number of rotatable bonds is 3. The van der Waals surface area contributed by atoms with Crippen LogP contribution in [0, 0.1) is 33.9 Å². The van der Waals surface area contributed by atoms with Gasteiger partial charge in [-0.3, -0.25) is 4.79 Å². The monoisotopic (exact) mass is 419 g/mol. The number of nitriles is 2. The third-order valence-electron chi connectivity index (χ3n) is 6.47. The molecule has 5 rings (SSSR count). The van der Waals surface area contributed by atoms with E-state index in [1.807, 2.05) is 71.6 Å². The average Bonchev–Trinajstić information content (AvgIpc) is 3.15. The van der Waals surface area contributed by atoms with E-state index in [9.17, 15) is 19.7 Å². The molecule has 0 amide bonds. The highest BCUT2D eigenvalue weighted by Gasteiger charge is 2.63. The van der Waals surface area contributed by atoms with Crippen LogP contribution in [0.3, 0.4) is 0 Å². The summed E-state index contributed by atoms with van der Waals surface area (Å²) in [5, 5.41) is 20.7. The summed E-state index contributed by atoms with van der Waals surface area (Å²) in [5.74, 6) is -1.38. The van der Waals surface area contributed by atoms with Crippen LogP contribution < -0.4 is 4.90 Å². The number of nitrogens with zero attached hydrogens (tertiary/aromatic N) is 3. The number of ketones is 1. The average molecular weight is 419 g/mol. The van der Waals surface area contributed by atoms with Gasteiger partial charge in [-0.2, -0.15) is 10.5 Å². The molecule has 1 saturated heterocycles. The Balaban J connectivity index is 1.78. The van der Waals surface area contributed by atoms with Gasteiger partial charge >= 0.3 is 0 Å². The number of carbonyl (C=O) groups excluding carboxylic acids is 1. The van der Waals surface area contributed by atoms with Crippen molar-refractivity contribution < 1.29 is 9.18 Å². The molecular formula is C27H18FN3O. The molecule has 3 aromatic carbocycles. The molecule has 0 N–H and O–H groups in total. The summed E-state index contributed by atoms with van der Waals surface area (Å²) in [7, 11) is 0. The highest BCUT2D eigenvalue weighted by molar-refractivity contribution is 6.04. The lowest BCUT2D eigenvalue weighted by Gasteiger charge is -2.35. The lowest BCUT2D eigenvalue weighted by atomic mass is 9.69. The summed E-state index contributed by atoms with van der Waals surface area (Å²) in [6.07, 6.45) is 3.76. The molecule has 0 saturated carbocycles. The molecule has 0 spiro atoms. The van der Waals surface area contributed by atoms with Gasteiger partial charge in [0.2, 0.25) is 0 Å². The van der Waals surface area contributed by atoms with E-state index in [0.717, 1.165) is 16.8 Å². The zero-order valence-electron chi connectivity index (χ0n) is 17.0. The zero-order valence-corrected chi connectivity index (χ0v) is 17.0. The number of para-hydroxylation sites is 1. The Kier molecular flexibility index (Phi) is 4.61. The molecule has 0 unspecified atom stereocenters. The minimum Gasteiger partial charge on any atom is -0.351 e. The molecule has 0 aliphatic carbocycles. The van der Waals surface area contributed by atoms with E-state index in [1.54, 1.807) is 0 Å². The number of Topliss-reactive ketones (excluding diaryl/α,β-unsaturated/α-hetero) is 1. The van der Waals surface area contributed by atoms with E-state index in [4.69, 9.17) is 0 Å². The van der Waals surface area contributed by atoms with Crippen LogP contribution in [-0.2, 0) is 0 Å². The normalized spacial score (nSPS) is 22.3. The maximum absolute atomic E-state index is 13.9. The van der Waals surface area contributed by atoms with E-state index in [2.05, 4.69) is 12.1 Å². The van der Waals surface area contributed by atoms with Gasteiger partial charge in [0.25, 0.3) is 0 Å². The third kappa shape index (κ3) is 2.76. The van der Waals surface area contributed by atoms with Gasteiger partial charge in [-0.1, -0.05) is 60.7 Å². The van der Waals surface area contributed by atoms with Crippen molar-refractivity contribution in [3.8, 4) is 12.1 Å². The Morgan fingerprint density at radius 2 is 1.56 bits per heavy atom. The maximum atomic E-state index is 13.9. The number of hydrogen-bond acceptors (Lipinski definition) is 4. The van der Waals surface area contributed by atoms with Gasteiger partial charge in [0.15, 0.2) is 11.2 Å². The number of fused-ring (bicyclic) bond motifs is 3. The lowest BCUT2D eigenvalue weighted by Crippen LogP contribution is -2.44. The van der Waals surface area contributed by atoms with Crippen molar-refractivity contribution in [1.29, 1.82) is 10.5 Å². The number of anilines is 1. The largest absolute Gasteiger partial charge is 0.351 e. The summed E-state index contributed by atoms with van der Waals surface area (Å²) < 4.78 is 13.5. The highest BCUT2D eigenvalue weighted by atomic mass is 19.1. The molecule has 32 heavy (non-hydrogen) atoms. The summed E-state index contributed by atoms with van der Waals surface area (Å²) in [6, 6.07) is 25.5. The van der Waals surface area contributed by atoms with Crippen LogP contribution in [-0.4, -0.2) is 17.9 Å². The second kappa shape index (κ2) is 7.48. The Morgan fingerprint density at radius 3 is 2.25 bits per heavy atom. The van der Waals surface area contributed by atoms with Crippen LogP contribution in [0.1, 0.15) is 27.4 Å². The van der Waals surface area contributed by atoms with Crippen LogP contribution >= 0.6 is 0 Å². The number of hydrogen-bond donors (Lipinski definition) is 0. The van der Waals surface area contributed by atoms with Gasteiger partial charge in [0, 0.05) is 17.2 Å². The van der Waals surface area contributed by atoms with Gasteiger partial charge < -0.3 is 4.90 Å². The third-order valence-corrected chi connectivity index (χ3v) is 6.47. The number of benzene rings is 3. The van der Waals surface area contributed by atoms with E-state index in [1.165, 1.54) is 24.3 Å². The summed E-state index contributed by atoms with van der Waals surface area (Å²) in [6.45, 7) is 0. The summed E-state index contributed by atoms with van der Waals surface area (Å²) in [5.41, 5.74) is 1.32. The molecule has 3 aromatic rings. The molecule has 0 aromatic heterocycles. The Hall–Kier alpha value is -4.22. The fraction of sp³-hybridized carbons (Fsp3) is 0.148. The second-order valence-electron chi connectivity index (χ2n) is 8.07. The van der Waals surface area contributed by atoms with Gasteiger partial charge in [-0.25, -0.2) is 4.39 Å². The standard InChI is InChI=1S/C27H18FN3O/c28-21-13-10-20(11-14-21)26(32)25-24(19-7-2-1-3-8-19)27(16-29,17-30)23-15-12-18-6-4-5-9-22(18)31(23)25/h1-15,23-25H/t23-,24-,25-/m1/s1. The highest BCUT2D eigenvalue weighted by Crippen LogP contribution is 2.55. The zero-order chi connectivity index (χ0) is 22.3. The lowest BCUT2D eigenvalue weighted by molar-refractivity contribution is 0.0951. The topological polar surface area (TPSA) is 67.9 Å². The SMILES string of the molecule is N#CC1(C#N)[C@H](c2ccccc2)[C@H](C(=O)c2ccc(F)cc2)N2c3ccccc3C=C[C@@H]21. The Bertz CT molecular complexity index is 1290. The van der Waals surface area contributed by atoms with Crippen molar-refractivity contribution in [3.63, 3.8) is 0 Å². The molecule has 0 bridgehead atoms. The van der Waals surface area contributed by atoms with Gasteiger partial charge in [0.05, 0.1) is 18.2 Å². The van der Waals surface area contributed by atoms with Crippen LogP contribution in [0.25, 0.3) is 6.08 Å². The number of halogens is 1. The number of carbonyl (C=O) groups is 1. The van der Waals surface area contributed by atoms with Crippen LogP contribution in [0.15, 0.2) is 84.9 Å². The quantitative estimate of drug-likeness (QED) is 0.553. The predicted molar refractivity (Wildman–Crippen MR) is 119 cm³/mol. The first-order valence-electron chi connectivity index (χ1n) is 10.3. The van der Waals surface area contributed by atoms with Crippen LogP contribution in [0.5, 0.6) is 0 Å². The van der Waals surface area contributed by atoms with Gasteiger partial charge in [-0.05, 0) is 41.5 Å². The minimum absolute atomic E-state index is 0.249. The first-order chi connectivity index (χ1) is 15.6. The van der Waals surface area contributed by atoms with Crippen molar-refractivity contribution in [2.45, 2.75) is 18.0 Å². The molecule has 5 heteroatoms. The predicted octanol–water partition coefficient (Wildman–Crippen LogP) is 5.11. The second-order valence-corrected chi connectivity index (χ2v) is 8.07. The summed E-state index contributed by atoms with van der Waals surface area (Å²) in [4.78, 5) is 15.8. The summed E-state index contributed by atoms with van der Waals surface area (Å²) >= 11 is 0. The molecule has 1 fully saturated rings. The maximum Gasteiger partial charge on any atom is 0.185 e. The minimum atomic E-state index is -1.48. The van der Waals surface area contributed by atoms with Gasteiger partial charge in [0.1, 0.15) is 11.9 Å². The Labute approximate surface area is 185 Å². The van der Waals surface area contributed by atoms with Gasteiger partial charge in [-0.15, -0.1) is 0 Å². The van der Waals surface area contributed by atoms with E-state index in [-0.39, 0.29) is 5.78 Å². The smallest absolute Gasteiger partial charge is 0.185 e. The molecule has 3 atom stereocenters. The molecule has 2 aliphatic rings. The molecule has 0 radical (unpaired) electrons. The van der Waals surface area contributed by atoms with Crippen molar-refractivity contribution >= 4 is 17.5 Å². The molecule has 2 heterocycles. The molecule has 154 valence electrons. The van der Waals surface area contributed by atoms with Crippen molar-refractivity contribution in [1.82, 2.24) is 0 Å². The van der Waals surface area contributed by atoms with Crippen molar-refractivity contribution in [3.05, 3.63) is 107 Å². The fourth-order valence-corrected chi connectivity index (χ4v) is 5.05. The van der Waals surface area contributed by atoms with Crippen molar-refractivity contribution in [2.75, 3.05) is 4.90 Å². The van der Waals surface area contributed by atoms with E-state index < -0.39 is 29.2 Å². The van der Waals surface area contributed by atoms with Crippen LogP contribution in [0.4, 0.5) is 10.1 Å². The Morgan fingerprint density at radius 1 is 0.906 bits per heavy atom. The molecular weight excluding hydrogens is 401 g/mol. The van der Waals surface area contributed by atoms with E-state index >= 15 is 0 Å². The van der Waals surface area contributed by atoms with Crippen LogP contribution in [0.2, 0.25) is 0 Å². The first-order valence-corrected chi connectivity index (χ1v) is 10.3. The fourth-order valence-electron chi connectivity index (χ4n) is 5.05.